The molecule has 0 fully saturated rings. The average Bonchev–Trinajstić information content (AvgIpc) is 3.17. The molecule has 0 bridgehead atoms. The fourth-order valence-corrected chi connectivity index (χ4v) is 3.18. The van der Waals surface area contributed by atoms with Gasteiger partial charge in [0.25, 0.3) is 0 Å². The topological polar surface area (TPSA) is 63.6 Å². The summed E-state index contributed by atoms with van der Waals surface area (Å²) in [5.74, 6) is 1.50. The van der Waals surface area contributed by atoms with Crippen LogP contribution in [0.2, 0.25) is 0 Å². The van der Waals surface area contributed by atoms with Crippen LogP contribution in [0.5, 0.6) is 0 Å². The highest BCUT2D eigenvalue weighted by Gasteiger charge is 2.07. The van der Waals surface area contributed by atoms with Crippen molar-refractivity contribution < 1.29 is 0 Å². The van der Waals surface area contributed by atoms with Gasteiger partial charge in [-0.15, -0.1) is 11.3 Å². The molecule has 0 spiro atoms. The molecule has 1 aromatic carbocycles. The minimum atomic E-state index is 0.657. The molecule has 0 atom stereocenters. The molecule has 0 saturated carbocycles. The van der Waals surface area contributed by atoms with Crippen molar-refractivity contribution in [3.05, 3.63) is 78.2 Å². The third kappa shape index (κ3) is 3.70. The van der Waals surface area contributed by atoms with Crippen LogP contribution in [0, 0.1) is 0 Å². The Balaban J connectivity index is 1.41. The van der Waals surface area contributed by atoms with E-state index < -0.39 is 0 Å². The molecule has 6 heteroatoms. The van der Waals surface area contributed by atoms with Crippen molar-refractivity contribution >= 4 is 17.2 Å². The highest BCUT2D eigenvalue weighted by Crippen LogP contribution is 2.23. The SMILES string of the molecule is c1ccc(-c2ccc(NCc3cnc(-c4ncccn4)s3)nc2)cc1. The maximum atomic E-state index is 4.48. The number of hydrogen-bond donors (Lipinski definition) is 1. The van der Waals surface area contributed by atoms with E-state index in [-0.39, 0.29) is 0 Å². The highest BCUT2D eigenvalue weighted by atomic mass is 32.1. The van der Waals surface area contributed by atoms with E-state index in [0.29, 0.717) is 12.4 Å². The lowest BCUT2D eigenvalue weighted by atomic mass is 10.1. The van der Waals surface area contributed by atoms with Gasteiger partial charge in [-0.2, -0.15) is 0 Å². The number of benzene rings is 1. The Labute approximate surface area is 149 Å². The van der Waals surface area contributed by atoms with Gasteiger partial charge in [-0.3, -0.25) is 0 Å². The Hall–Kier alpha value is -3.12. The van der Waals surface area contributed by atoms with Crippen LogP contribution in [-0.2, 0) is 6.54 Å². The molecular weight excluding hydrogens is 330 g/mol. The third-order valence-electron chi connectivity index (χ3n) is 3.62. The molecule has 5 nitrogen and oxygen atoms in total. The first kappa shape index (κ1) is 15.4. The minimum absolute atomic E-state index is 0.657. The van der Waals surface area contributed by atoms with E-state index in [2.05, 4.69) is 43.5 Å². The first-order chi connectivity index (χ1) is 12.4. The smallest absolute Gasteiger partial charge is 0.188 e. The number of hydrogen-bond acceptors (Lipinski definition) is 6. The first-order valence-electron chi connectivity index (χ1n) is 7.86. The summed E-state index contributed by atoms with van der Waals surface area (Å²) in [5.41, 5.74) is 2.27. The summed E-state index contributed by atoms with van der Waals surface area (Å²) < 4.78 is 0. The van der Waals surface area contributed by atoms with E-state index in [1.54, 1.807) is 29.8 Å². The number of thiazole rings is 1. The van der Waals surface area contributed by atoms with Crippen molar-refractivity contribution in [2.45, 2.75) is 6.54 Å². The van der Waals surface area contributed by atoms with Gasteiger partial charge in [0, 0.05) is 35.2 Å². The summed E-state index contributed by atoms with van der Waals surface area (Å²) in [6.07, 6.45) is 7.18. The molecule has 3 heterocycles. The standard InChI is InChI=1S/C19H15N5S/c1-2-5-14(6-3-1)15-7-8-17(22-11-15)23-12-16-13-24-19(25-16)18-20-9-4-10-21-18/h1-11,13H,12H2,(H,22,23). The van der Waals surface area contributed by atoms with Gasteiger partial charge in [0.1, 0.15) is 5.82 Å². The number of nitrogens with one attached hydrogen (secondary N) is 1. The van der Waals surface area contributed by atoms with Gasteiger partial charge in [-0.1, -0.05) is 30.3 Å². The monoisotopic (exact) mass is 345 g/mol. The maximum Gasteiger partial charge on any atom is 0.188 e. The summed E-state index contributed by atoms with van der Waals surface area (Å²) in [6, 6.07) is 16.1. The molecule has 0 radical (unpaired) electrons. The zero-order valence-electron chi connectivity index (χ0n) is 13.3. The molecule has 0 aliphatic carbocycles. The third-order valence-corrected chi connectivity index (χ3v) is 4.62. The van der Waals surface area contributed by atoms with Crippen LogP contribution in [0.3, 0.4) is 0 Å². The molecule has 4 rings (SSSR count). The van der Waals surface area contributed by atoms with Gasteiger partial charge in [-0.05, 0) is 23.8 Å². The second-order valence-corrected chi connectivity index (χ2v) is 6.47. The minimum Gasteiger partial charge on any atom is -0.365 e. The Morgan fingerprint density at radius 2 is 1.60 bits per heavy atom. The Morgan fingerprint density at radius 1 is 0.760 bits per heavy atom. The molecule has 0 saturated heterocycles. The quantitative estimate of drug-likeness (QED) is 0.585. The number of nitrogens with zero attached hydrogens (tertiary/aromatic N) is 4. The van der Waals surface area contributed by atoms with Crippen molar-refractivity contribution in [3.8, 4) is 22.0 Å². The summed E-state index contributed by atoms with van der Waals surface area (Å²) in [5, 5.41) is 4.15. The maximum absolute atomic E-state index is 4.48. The van der Waals surface area contributed by atoms with Crippen molar-refractivity contribution in [2.24, 2.45) is 0 Å². The lowest BCUT2D eigenvalue weighted by Crippen LogP contribution is -1.99. The normalized spacial score (nSPS) is 10.6. The van der Waals surface area contributed by atoms with Crippen LogP contribution in [0.15, 0.2) is 73.3 Å². The molecule has 1 N–H and O–H groups in total. The van der Waals surface area contributed by atoms with Crippen molar-refractivity contribution in [1.82, 2.24) is 19.9 Å². The predicted octanol–water partition coefficient (Wildman–Crippen LogP) is 4.27. The lowest BCUT2D eigenvalue weighted by molar-refractivity contribution is 1.13. The van der Waals surface area contributed by atoms with Crippen molar-refractivity contribution in [3.63, 3.8) is 0 Å². The van der Waals surface area contributed by atoms with Crippen LogP contribution >= 0.6 is 11.3 Å². The second-order valence-electron chi connectivity index (χ2n) is 5.36. The summed E-state index contributed by atoms with van der Waals surface area (Å²) in [7, 11) is 0. The number of pyridine rings is 1. The van der Waals surface area contributed by atoms with Crippen LogP contribution in [0.1, 0.15) is 4.88 Å². The zero-order chi connectivity index (χ0) is 16.9. The van der Waals surface area contributed by atoms with Gasteiger partial charge in [0.05, 0.1) is 6.54 Å². The molecule has 0 unspecified atom stereocenters. The molecule has 0 aliphatic rings. The lowest BCUT2D eigenvalue weighted by Gasteiger charge is -2.05. The van der Waals surface area contributed by atoms with Crippen LogP contribution < -0.4 is 5.32 Å². The van der Waals surface area contributed by atoms with Gasteiger partial charge in [0.2, 0.25) is 0 Å². The Kier molecular flexibility index (Phi) is 4.43. The van der Waals surface area contributed by atoms with Crippen LogP contribution in [0.25, 0.3) is 22.0 Å². The molecule has 0 aliphatic heterocycles. The Bertz CT molecular complexity index is 936. The molecule has 4 aromatic rings. The van der Waals surface area contributed by atoms with E-state index in [0.717, 1.165) is 26.8 Å². The van der Waals surface area contributed by atoms with E-state index in [1.165, 1.54) is 0 Å². The van der Waals surface area contributed by atoms with Crippen LogP contribution in [0.4, 0.5) is 5.82 Å². The number of rotatable bonds is 5. The summed E-state index contributed by atoms with van der Waals surface area (Å²) in [4.78, 5) is 18.4. The van der Waals surface area contributed by atoms with Crippen molar-refractivity contribution in [1.29, 1.82) is 0 Å². The Morgan fingerprint density at radius 3 is 2.36 bits per heavy atom. The fourth-order valence-electron chi connectivity index (χ4n) is 2.38. The molecule has 0 amide bonds. The van der Waals surface area contributed by atoms with Gasteiger partial charge in [0.15, 0.2) is 10.8 Å². The van der Waals surface area contributed by atoms with Crippen molar-refractivity contribution in [2.75, 3.05) is 5.32 Å². The highest BCUT2D eigenvalue weighted by molar-refractivity contribution is 7.14. The van der Waals surface area contributed by atoms with Gasteiger partial charge in [-0.25, -0.2) is 19.9 Å². The first-order valence-corrected chi connectivity index (χ1v) is 8.67. The number of aromatic nitrogens is 4. The van der Waals surface area contributed by atoms with Crippen LogP contribution in [-0.4, -0.2) is 19.9 Å². The summed E-state index contributed by atoms with van der Waals surface area (Å²) >= 11 is 1.58. The van der Waals surface area contributed by atoms with E-state index in [1.807, 2.05) is 36.7 Å². The van der Waals surface area contributed by atoms with E-state index in [4.69, 9.17) is 0 Å². The molecular formula is C19H15N5S. The molecule has 25 heavy (non-hydrogen) atoms. The number of anilines is 1. The largest absolute Gasteiger partial charge is 0.365 e. The second kappa shape index (κ2) is 7.19. The predicted molar refractivity (Wildman–Crippen MR) is 100 cm³/mol. The molecule has 3 aromatic heterocycles. The zero-order valence-corrected chi connectivity index (χ0v) is 14.1. The average molecular weight is 345 g/mol. The van der Waals surface area contributed by atoms with Gasteiger partial charge >= 0.3 is 0 Å². The fraction of sp³-hybridized carbons (Fsp3) is 0.0526. The molecule has 122 valence electrons. The van der Waals surface area contributed by atoms with E-state index >= 15 is 0 Å². The summed E-state index contributed by atoms with van der Waals surface area (Å²) in [6.45, 7) is 0.669. The van der Waals surface area contributed by atoms with E-state index in [9.17, 15) is 0 Å². The van der Waals surface area contributed by atoms with Gasteiger partial charge < -0.3 is 5.32 Å².